The Hall–Kier alpha value is -0.960. The van der Waals surface area contributed by atoms with Crippen molar-refractivity contribution >= 4 is 16.9 Å². The van der Waals surface area contributed by atoms with Crippen LogP contribution in [0.5, 0.6) is 0 Å². The maximum Gasteiger partial charge on any atom is 0.156 e. The molecule has 86 valence electrons. The van der Waals surface area contributed by atoms with Crippen LogP contribution in [0, 0.1) is 13.8 Å². The highest BCUT2D eigenvalue weighted by Crippen LogP contribution is 2.17. The fourth-order valence-corrected chi connectivity index (χ4v) is 2.52. The van der Waals surface area contributed by atoms with E-state index in [0.717, 1.165) is 30.4 Å². The first-order valence-electron chi connectivity index (χ1n) is 5.73. The third-order valence-electron chi connectivity index (χ3n) is 2.81. The number of rotatable bonds is 2. The second kappa shape index (κ2) is 5.39. The summed E-state index contributed by atoms with van der Waals surface area (Å²) in [5, 5.41) is 4.43. The molecule has 0 amide bonds. The van der Waals surface area contributed by atoms with E-state index >= 15 is 0 Å². The lowest BCUT2D eigenvalue weighted by atomic mass is 10.1. The van der Waals surface area contributed by atoms with Gasteiger partial charge in [0, 0.05) is 18.8 Å². The van der Waals surface area contributed by atoms with Crippen molar-refractivity contribution in [3.05, 3.63) is 34.9 Å². The summed E-state index contributed by atoms with van der Waals surface area (Å²) in [6, 6.07) is 6.67. The van der Waals surface area contributed by atoms with E-state index in [1.165, 1.54) is 16.7 Å². The molecule has 1 heterocycles. The summed E-state index contributed by atoms with van der Waals surface area (Å²) in [4.78, 5) is 4.45. The van der Waals surface area contributed by atoms with Crippen molar-refractivity contribution in [1.82, 2.24) is 5.32 Å². The Morgan fingerprint density at radius 2 is 2.19 bits per heavy atom. The summed E-state index contributed by atoms with van der Waals surface area (Å²) in [6.07, 6.45) is 1.16. The zero-order valence-corrected chi connectivity index (χ0v) is 10.7. The largest absolute Gasteiger partial charge is 0.365 e. The van der Waals surface area contributed by atoms with Crippen LogP contribution in [0.25, 0.3) is 0 Å². The van der Waals surface area contributed by atoms with Gasteiger partial charge in [0.2, 0.25) is 0 Å². The predicted octanol–water partition coefficient (Wildman–Crippen LogP) is 2.89. The minimum absolute atomic E-state index is 0.974. The molecular weight excluding hydrogens is 216 g/mol. The first-order valence-corrected chi connectivity index (χ1v) is 6.71. The normalized spacial score (nSPS) is 15.5. The minimum Gasteiger partial charge on any atom is -0.365 e. The van der Waals surface area contributed by atoms with E-state index in [1.807, 2.05) is 0 Å². The number of benzene rings is 1. The lowest BCUT2D eigenvalue weighted by Gasteiger charge is -2.13. The number of amidine groups is 1. The highest BCUT2D eigenvalue weighted by molar-refractivity contribution is 8.13. The molecule has 0 unspecified atom stereocenters. The zero-order chi connectivity index (χ0) is 11.4. The topological polar surface area (TPSA) is 24.4 Å². The van der Waals surface area contributed by atoms with E-state index < -0.39 is 0 Å². The van der Waals surface area contributed by atoms with Gasteiger partial charge in [-0.3, -0.25) is 4.99 Å². The molecule has 0 spiro atoms. The molecule has 0 aromatic heterocycles. The fraction of sp³-hybridized carbons (Fsp3) is 0.462. The highest BCUT2D eigenvalue weighted by Gasteiger charge is 2.05. The molecule has 16 heavy (non-hydrogen) atoms. The van der Waals surface area contributed by atoms with E-state index in [9.17, 15) is 0 Å². The monoisotopic (exact) mass is 234 g/mol. The van der Waals surface area contributed by atoms with Gasteiger partial charge < -0.3 is 5.32 Å². The Morgan fingerprint density at radius 1 is 1.31 bits per heavy atom. The number of hydrogen-bond donors (Lipinski definition) is 1. The highest BCUT2D eigenvalue weighted by atomic mass is 32.2. The SMILES string of the molecule is Cc1ccc(CSC2=NCCCN2)cc1C. The average molecular weight is 234 g/mol. The van der Waals surface area contributed by atoms with E-state index in [2.05, 4.69) is 42.4 Å². The van der Waals surface area contributed by atoms with Crippen LogP contribution < -0.4 is 5.32 Å². The molecule has 0 saturated heterocycles. The van der Waals surface area contributed by atoms with Gasteiger partial charge in [-0.1, -0.05) is 30.0 Å². The fourth-order valence-electron chi connectivity index (χ4n) is 1.65. The van der Waals surface area contributed by atoms with Crippen molar-refractivity contribution in [2.45, 2.75) is 26.0 Å². The molecule has 2 rings (SSSR count). The molecule has 0 bridgehead atoms. The predicted molar refractivity (Wildman–Crippen MR) is 72.1 cm³/mol. The molecule has 1 aliphatic rings. The number of hydrogen-bond acceptors (Lipinski definition) is 3. The van der Waals surface area contributed by atoms with Crippen molar-refractivity contribution < 1.29 is 0 Å². The summed E-state index contributed by atoms with van der Waals surface area (Å²) >= 11 is 1.80. The van der Waals surface area contributed by atoms with E-state index in [4.69, 9.17) is 0 Å². The summed E-state index contributed by atoms with van der Waals surface area (Å²) in [5.74, 6) is 1.01. The van der Waals surface area contributed by atoms with E-state index in [1.54, 1.807) is 11.8 Å². The van der Waals surface area contributed by atoms with Crippen LogP contribution in [0.1, 0.15) is 23.1 Å². The third-order valence-corrected chi connectivity index (χ3v) is 3.84. The van der Waals surface area contributed by atoms with Gasteiger partial charge in [0.25, 0.3) is 0 Å². The standard InChI is InChI=1S/C13H18N2S/c1-10-4-5-12(8-11(10)2)9-16-13-14-6-3-7-15-13/h4-5,8H,3,6-7,9H2,1-2H3,(H,14,15). The van der Waals surface area contributed by atoms with Gasteiger partial charge in [0.15, 0.2) is 5.17 Å². The van der Waals surface area contributed by atoms with Crippen LogP contribution in [0.3, 0.4) is 0 Å². The Bertz CT molecular complexity index is 399. The van der Waals surface area contributed by atoms with E-state index in [0.29, 0.717) is 0 Å². The Labute approximate surface area is 102 Å². The number of aliphatic imine (C=N–C) groups is 1. The Morgan fingerprint density at radius 3 is 2.88 bits per heavy atom. The summed E-state index contributed by atoms with van der Waals surface area (Å²) in [6.45, 7) is 6.36. The number of thioether (sulfide) groups is 1. The second-order valence-electron chi connectivity index (χ2n) is 4.17. The van der Waals surface area contributed by atoms with Crippen molar-refractivity contribution in [3.63, 3.8) is 0 Å². The van der Waals surface area contributed by atoms with Gasteiger partial charge in [-0.2, -0.15) is 0 Å². The van der Waals surface area contributed by atoms with E-state index in [-0.39, 0.29) is 0 Å². The maximum atomic E-state index is 4.45. The zero-order valence-electron chi connectivity index (χ0n) is 9.92. The van der Waals surface area contributed by atoms with Crippen LogP contribution in [-0.2, 0) is 5.75 Å². The lowest BCUT2D eigenvalue weighted by Crippen LogP contribution is -2.26. The summed E-state index contributed by atoms with van der Waals surface area (Å²) in [5.41, 5.74) is 4.11. The molecule has 0 radical (unpaired) electrons. The molecule has 0 saturated carbocycles. The molecule has 2 nitrogen and oxygen atoms in total. The van der Waals surface area contributed by atoms with Gasteiger partial charge in [0.1, 0.15) is 0 Å². The quantitative estimate of drug-likeness (QED) is 0.851. The second-order valence-corrected chi connectivity index (χ2v) is 5.14. The first kappa shape index (κ1) is 11.5. The molecule has 1 aromatic carbocycles. The molecule has 1 N–H and O–H groups in total. The van der Waals surface area contributed by atoms with Gasteiger partial charge in [-0.15, -0.1) is 0 Å². The summed E-state index contributed by atoms with van der Waals surface area (Å²) in [7, 11) is 0. The van der Waals surface area contributed by atoms with Crippen LogP contribution in [0.15, 0.2) is 23.2 Å². The van der Waals surface area contributed by atoms with Gasteiger partial charge in [-0.25, -0.2) is 0 Å². The van der Waals surface area contributed by atoms with Crippen molar-refractivity contribution in [1.29, 1.82) is 0 Å². The smallest absolute Gasteiger partial charge is 0.156 e. The molecule has 3 heteroatoms. The minimum atomic E-state index is 0.974. The van der Waals surface area contributed by atoms with Crippen LogP contribution in [0.2, 0.25) is 0 Å². The Balaban J connectivity index is 1.94. The maximum absolute atomic E-state index is 4.45. The van der Waals surface area contributed by atoms with Crippen molar-refractivity contribution in [2.75, 3.05) is 13.1 Å². The summed E-state index contributed by atoms with van der Waals surface area (Å²) < 4.78 is 0. The van der Waals surface area contributed by atoms with Crippen molar-refractivity contribution in [3.8, 4) is 0 Å². The first-order chi connectivity index (χ1) is 7.75. The van der Waals surface area contributed by atoms with Crippen LogP contribution in [0.4, 0.5) is 0 Å². The van der Waals surface area contributed by atoms with Crippen molar-refractivity contribution in [2.24, 2.45) is 4.99 Å². The van der Waals surface area contributed by atoms with Crippen LogP contribution >= 0.6 is 11.8 Å². The molecular formula is C13H18N2S. The molecule has 1 aromatic rings. The number of nitrogens with one attached hydrogen (secondary N) is 1. The molecule has 0 atom stereocenters. The van der Waals surface area contributed by atoms with Crippen LogP contribution in [-0.4, -0.2) is 18.3 Å². The van der Waals surface area contributed by atoms with Gasteiger partial charge >= 0.3 is 0 Å². The van der Waals surface area contributed by atoms with Gasteiger partial charge in [-0.05, 0) is 37.0 Å². The number of nitrogens with zero attached hydrogens (tertiary/aromatic N) is 1. The molecule has 1 aliphatic heterocycles. The third kappa shape index (κ3) is 3.01. The average Bonchev–Trinajstić information content (AvgIpc) is 2.32. The Kier molecular flexibility index (Phi) is 3.88. The lowest BCUT2D eigenvalue weighted by molar-refractivity contribution is 0.751. The number of aryl methyl sites for hydroxylation is 2. The molecule has 0 fully saturated rings. The molecule has 0 aliphatic carbocycles. The van der Waals surface area contributed by atoms with Gasteiger partial charge in [0.05, 0.1) is 0 Å².